The minimum absolute atomic E-state index is 0.102. The molecule has 10 aromatic rings. The highest BCUT2D eigenvalue weighted by molar-refractivity contribution is 6.46. The first-order valence-corrected chi connectivity index (χ1v) is 23.0. The molecule has 0 aliphatic carbocycles. The first-order chi connectivity index (χ1) is 35.9. The van der Waals surface area contributed by atoms with Crippen LogP contribution in [0.1, 0.15) is 43.8 Å². The maximum atomic E-state index is 14.3. The van der Waals surface area contributed by atoms with Gasteiger partial charge in [0.15, 0.2) is 11.6 Å². The van der Waals surface area contributed by atoms with Crippen molar-refractivity contribution in [1.29, 1.82) is 0 Å². The molecule has 0 atom stereocenters. The van der Waals surface area contributed by atoms with Crippen molar-refractivity contribution < 1.29 is 37.4 Å². The number of aryl methyl sites for hydroxylation is 2. The Bertz CT molecular complexity index is 3850. The standard InChI is InChI=1S/C25H20F2N8O3.C25H22N8O3/c1-13-31-12-35(32-13)24-21-20(19(38-2)10-30-24)17(9-28-21)22(36)25(37)33-5-6-34-15(11-33)8-29-23(34)16-4-3-14(26)7-18(16)27;1-15-29-14-33(30-15)24-21-20(19(36-2)12-28-24)18(11-26-21)22(34)25(35)31-8-9-32-17(13-31)10-27-23(32)16-6-4-3-5-7-16/h3-4,7-10,12,28H,5-6,11H2,1-2H3;3-7,10-12,14,26H,8-9,13H2,1-2H3. The highest BCUT2D eigenvalue weighted by atomic mass is 19.1. The number of aromatic amines is 2. The summed E-state index contributed by atoms with van der Waals surface area (Å²) in [5.74, 6) is -0.170. The summed E-state index contributed by atoms with van der Waals surface area (Å²) < 4.78 is 45.4. The minimum atomic E-state index is -0.727. The molecule has 2 aliphatic heterocycles. The number of H-pyrrole nitrogens is 2. The third-order valence-electron chi connectivity index (χ3n) is 12.8. The molecule has 8 aromatic heterocycles. The number of nitrogens with zero attached hydrogens (tertiary/aromatic N) is 14. The van der Waals surface area contributed by atoms with Crippen LogP contribution < -0.4 is 9.47 Å². The van der Waals surface area contributed by atoms with Crippen LogP contribution in [0, 0.1) is 25.5 Å². The second kappa shape index (κ2) is 18.8. The van der Waals surface area contributed by atoms with Crippen molar-refractivity contribution in [2.24, 2.45) is 0 Å². The number of pyridine rings is 2. The van der Waals surface area contributed by atoms with Gasteiger partial charge in [-0.3, -0.25) is 19.2 Å². The summed E-state index contributed by atoms with van der Waals surface area (Å²) in [7, 11) is 2.95. The average Bonchev–Trinajstić information content (AvgIpc) is 4.31. The Balaban J connectivity index is 0.000000159. The van der Waals surface area contributed by atoms with Gasteiger partial charge < -0.3 is 38.4 Å². The van der Waals surface area contributed by atoms with Gasteiger partial charge in [-0.2, -0.15) is 10.2 Å². The molecular weight excluding hydrogens is 959 g/mol. The number of fused-ring (bicyclic) bond motifs is 4. The molecule has 2 aromatic carbocycles. The zero-order chi connectivity index (χ0) is 51.4. The van der Waals surface area contributed by atoms with Gasteiger partial charge in [0.25, 0.3) is 23.4 Å². The lowest BCUT2D eigenvalue weighted by atomic mass is 10.1. The van der Waals surface area contributed by atoms with E-state index >= 15 is 0 Å². The number of ketones is 2. The Hall–Kier alpha value is -9.74. The molecule has 74 heavy (non-hydrogen) atoms. The minimum Gasteiger partial charge on any atom is -0.494 e. The van der Waals surface area contributed by atoms with Crippen LogP contribution in [-0.4, -0.2) is 129 Å². The zero-order valence-electron chi connectivity index (χ0n) is 39.9. The molecule has 0 fully saturated rings. The topological polar surface area (TPSA) is 248 Å². The summed E-state index contributed by atoms with van der Waals surface area (Å²) in [6.45, 7) is 5.36. The second-order valence-corrected chi connectivity index (χ2v) is 17.2. The number of methoxy groups -OCH3 is 2. The summed E-state index contributed by atoms with van der Waals surface area (Å²) in [5.41, 5.74) is 4.02. The van der Waals surface area contributed by atoms with E-state index in [1.165, 1.54) is 78.2 Å². The Kier molecular flexibility index (Phi) is 11.8. The molecule has 2 N–H and O–H groups in total. The molecule has 0 radical (unpaired) electrons. The van der Waals surface area contributed by atoms with E-state index < -0.39 is 35.0 Å². The molecule has 0 spiro atoms. The second-order valence-electron chi connectivity index (χ2n) is 17.2. The van der Waals surface area contributed by atoms with Crippen molar-refractivity contribution in [3.63, 3.8) is 0 Å². The molecular formula is C50H42F2N16O6. The Morgan fingerprint density at radius 1 is 0.595 bits per heavy atom. The van der Waals surface area contributed by atoms with Crippen LogP contribution in [0.5, 0.6) is 11.5 Å². The van der Waals surface area contributed by atoms with Gasteiger partial charge in [0.05, 0.1) is 102 Å². The third kappa shape index (κ3) is 8.16. The smallest absolute Gasteiger partial charge is 0.295 e. The lowest BCUT2D eigenvalue weighted by molar-refractivity contribution is -0.128. The quantitative estimate of drug-likeness (QED) is 0.129. The van der Waals surface area contributed by atoms with E-state index in [1.54, 1.807) is 29.5 Å². The Morgan fingerprint density at radius 2 is 1.09 bits per heavy atom. The van der Waals surface area contributed by atoms with Crippen molar-refractivity contribution in [2.45, 2.75) is 40.0 Å². The van der Waals surface area contributed by atoms with Crippen LogP contribution in [-0.2, 0) is 35.8 Å². The lowest BCUT2D eigenvalue weighted by Crippen LogP contribution is -2.41. The number of halogens is 2. The van der Waals surface area contributed by atoms with E-state index in [0.29, 0.717) is 87.7 Å². The van der Waals surface area contributed by atoms with E-state index in [0.717, 1.165) is 29.2 Å². The predicted octanol–water partition coefficient (Wildman–Crippen LogP) is 5.38. The number of carbonyl (C=O) groups excluding carboxylic acids is 4. The van der Waals surface area contributed by atoms with E-state index in [9.17, 15) is 28.0 Å². The van der Waals surface area contributed by atoms with Crippen molar-refractivity contribution in [2.75, 3.05) is 27.3 Å². The van der Waals surface area contributed by atoms with Gasteiger partial charge in [-0.1, -0.05) is 30.3 Å². The molecule has 372 valence electrons. The third-order valence-corrected chi connectivity index (χ3v) is 12.8. The largest absolute Gasteiger partial charge is 0.494 e. The number of aromatic nitrogens is 14. The number of nitrogens with one attached hydrogen (secondary N) is 2. The zero-order valence-corrected chi connectivity index (χ0v) is 39.9. The number of Topliss-reactive ketones (excluding diaryl/α,β-unsaturated/α-hetero) is 2. The maximum absolute atomic E-state index is 14.3. The molecule has 22 nitrogen and oxygen atoms in total. The Morgan fingerprint density at radius 3 is 1.57 bits per heavy atom. The number of hydrogen-bond donors (Lipinski definition) is 2. The van der Waals surface area contributed by atoms with E-state index in [1.807, 2.05) is 30.3 Å². The van der Waals surface area contributed by atoms with Gasteiger partial charge in [-0.15, -0.1) is 0 Å². The predicted molar refractivity (Wildman–Crippen MR) is 259 cm³/mol. The van der Waals surface area contributed by atoms with Crippen molar-refractivity contribution in [3.05, 3.63) is 144 Å². The van der Waals surface area contributed by atoms with Gasteiger partial charge >= 0.3 is 0 Å². The highest BCUT2D eigenvalue weighted by Crippen LogP contribution is 2.35. The fourth-order valence-electron chi connectivity index (χ4n) is 9.25. The van der Waals surface area contributed by atoms with E-state index in [-0.39, 0.29) is 36.3 Å². The van der Waals surface area contributed by atoms with Gasteiger partial charge in [0, 0.05) is 50.2 Å². The molecule has 10 heterocycles. The van der Waals surface area contributed by atoms with Crippen molar-refractivity contribution in [3.8, 4) is 45.9 Å². The molecule has 0 saturated carbocycles. The first-order valence-electron chi connectivity index (χ1n) is 23.0. The fraction of sp³-hybridized carbons (Fsp3) is 0.200. The molecule has 2 aliphatic rings. The monoisotopic (exact) mass is 1000 g/mol. The summed E-state index contributed by atoms with van der Waals surface area (Å²) in [6, 6.07) is 13.2. The highest BCUT2D eigenvalue weighted by Gasteiger charge is 2.33. The molecule has 24 heteroatoms. The number of imidazole rings is 2. The van der Waals surface area contributed by atoms with Crippen LogP contribution in [0.3, 0.4) is 0 Å². The molecule has 12 rings (SSSR count). The van der Waals surface area contributed by atoms with Crippen LogP contribution in [0.2, 0.25) is 0 Å². The summed E-state index contributed by atoms with van der Waals surface area (Å²) in [6.07, 6.45) is 12.3. The van der Waals surface area contributed by atoms with Gasteiger partial charge in [0.2, 0.25) is 0 Å². The average molecular weight is 1000 g/mol. The van der Waals surface area contributed by atoms with Crippen molar-refractivity contribution in [1.82, 2.24) is 78.4 Å². The number of rotatable bonds is 10. The molecule has 0 bridgehead atoms. The van der Waals surface area contributed by atoms with Crippen LogP contribution in [0.25, 0.3) is 56.2 Å². The van der Waals surface area contributed by atoms with Gasteiger partial charge in [-0.25, -0.2) is 48.0 Å². The van der Waals surface area contributed by atoms with E-state index in [2.05, 4.69) is 54.6 Å². The van der Waals surface area contributed by atoms with Crippen LogP contribution >= 0.6 is 0 Å². The summed E-state index contributed by atoms with van der Waals surface area (Å²) in [5, 5.41) is 9.46. The maximum Gasteiger partial charge on any atom is 0.295 e. The van der Waals surface area contributed by atoms with E-state index in [4.69, 9.17) is 9.47 Å². The van der Waals surface area contributed by atoms with Crippen LogP contribution in [0.4, 0.5) is 8.78 Å². The van der Waals surface area contributed by atoms with Gasteiger partial charge in [0.1, 0.15) is 59.1 Å². The SMILES string of the molecule is COc1cnc(-n2cnc(C)n2)c2[nH]cc(C(=O)C(=O)N3CCn4c(cnc4-c4ccc(F)cc4F)C3)c12.COc1cnc(-n2cnc(C)n2)c2[nH]cc(C(=O)C(=O)N3CCn4c(cnc4-c4ccccc4)C3)c12. The summed E-state index contributed by atoms with van der Waals surface area (Å²) >= 11 is 0. The number of hydrogen-bond acceptors (Lipinski definition) is 14. The Labute approximate surface area is 417 Å². The first kappa shape index (κ1) is 46.6. The number of amides is 2. The number of ether oxygens (including phenoxy) is 2. The summed E-state index contributed by atoms with van der Waals surface area (Å²) in [4.78, 5) is 88.5. The normalized spacial score (nSPS) is 13.1. The number of benzene rings is 2. The van der Waals surface area contributed by atoms with Crippen LogP contribution in [0.15, 0.2) is 98.4 Å². The molecule has 0 unspecified atom stereocenters. The van der Waals surface area contributed by atoms with Gasteiger partial charge in [-0.05, 0) is 26.0 Å². The molecule has 2 amide bonds. The fourth-order valence-corrected chi connectivity index (χ4v) is 9.25. The van der Waals surface area contributed by atoms with Crippen molar-refractivity contribution >= 4 is 45.2 Å². The number of carbonyl (C=O) groups is 4. The lowest BCUT2D eigenvalue weighted by Gasteiger charge is -2.28. The molecule has 0 saturated heterocycles.